The van der Waals surface area contributed by atoms with E-state index in [2.05, 4.69) is 44.2 Å². The first kappa shape index (κ1) is 35.8. The summed E-state index contributed by atoms with van der Waals surface area (Å²) in [6, 6.07) is 50.1. The van der Waals surface area contributed by atoms with E-state index < -0.39 is 0 Å². The zero-order chi connectivity index (χ0) is 35.1. The molecule has 6 aromatic carbocycles. The van der Waals surface area contributed by atoms with Crippen molar-refractivity contribution in [2.24, 2.45) is 0 Å². The Morgan fingerprint density at radius 2 is 0.909 bits per heavy atom. The molecule has 10 aromatic rings. The first-order valence-corrected chi connectivity index (χ1v) is 16.8. The third-order valence-corrected chi connectivity index (χ3v) is 8.72. The molecule has 0 saturated heterocycles. The van der Waals surface area contributed by atoms with Gasteiger partial charge in [-0.1, -0.05) is 59.6 Å². The van der Waals surface area contributed by atoms with Gasteiger partial charge in [-0.25, -0.2) is 9.97 Å². The van der Waals surface area contributed by atoms with Gasteiger partial charge in [-0.3, -0.25) is 19.9 Å². The van der Waals surface area contributed by atoms with Crippen molar-refractivity contribution in [1.29, 1.82) is 0 Å². The van der Waals surface area contributed by atoms with Crippen molar-refractivity contribution in [3.8, 4) is 51.7 Å². The Hall–Kier alpha value is -6.20. The number of fused-ring (bicyclic) bond motifs is 5. The normalized spacial score (nSPS) is 11.0. The van der Waals surface area contributed by atoms with Gasteiger partial charge in [0.2, 0.25) is 5.95 Å². The summed E-state index contributed by atoms with van der Waals surface area (Å²) < 4.78 is 14.6. The topological polar surface area (TPSA) is 101 Å². The first-order valence-electron chi connectivity index (χ1n) is 16.8. The number of nitrogens with zero attached hydrogens (tertiary/aromatic N) is 7. The van der Waals surface area contributed by atoms with Gasteiger partial charge in [0.25, 0.3) is 0 Å². The van der Waals surface area contributed by atoms with Crippen LogP contribution in [-0.4, -0.2) is 34.5 Å². The monoisotopic (exact) mass is 893 g/mol. The van der Waals surface area contributed by atoms with Crippen molar-refractivity contribution in [1.82, 2.24) is 34.5 Å². The van der Waals surface area contributed by atoms with Crippen LogP contribution in [-0.2, 0) is 40.8 Å². The van der Waals surface area contributed by atoms with Gasteiger partial charge in [0.15, 0.2) is 0 Å². The van der Waals surface area contributed by atoms with Gasteiger partial charge in [-0.05, 0) is 18.2 Å². The predicted octanol–water partition coefficient (Wildman–Crippen LogP) is 9.57. The molecule has 4 heterocycles. The van der Waals surface area contributed by atoms with Crippen LogP contribution in [0.4, 0.5) is 0 Å². The summed E-state index contributed by atoms with van der Waals surface area (Å²) in [7, 11) is 0. The van der Waals surface area contributed by atoms with Crippen LogP contribution in [0.2, 0.25) is 0 Å². The Balaban J connectivity index is 0.00000214. The van der Waals surface area contributed by atoms with Crippen LogP contribution in [0.15, 0.2) is 140 Å². The molecule has 11 heteroatoms. The molecule has 55 heavy (non-hydrogen) atoms. The van der Waals surface area contributed by atoms with Crippen LogP contribution in [0.1, 0.15) is 0 Å². The molecule has 10 rings (SSSR count). The van der Waals surface area contributed by atoms with Gasteiger partial charge >= 0.3 is 40.8 Å². The van der Waals surface area contributed by atoms with Crippen molar-refractivity contribution < 1.29 is 50.3 Å². The smallest absolute Gasteiger partial charge is 0.503 e. The average Bonchev–Trinajstić information content (AvgIpc) is 3.53. The molecule has 0 aliphatic rings. The second-order valence-corrected chi connectivity index (χ2v) is 12.1. The third-order valence-electron chi connectivity index (χ3n) is 8.72. The first-order chi connectivity index (χ1) is 26.2. The Kier molecular flexibility index (Phi) is 9.95. The fraction of sp³-hybridized carbons (Fsp3) is 0. The Labute approximate surface area is 342 Å². The van der Waals surface area contributed by atoms with Gasteiger partial charge in [-0.15, -0.1) is 71.8 Å². The van der Waals surface area contributed by atoms with E-state index >= 15 is 0 Å². The summed E-state index contributed by atoms with van der Waals surface area (Å²) in [6.07, 6.45) is 7.03. The minimum Gasteiger partial charge on any atom is -0.503 e. The molecule has 0 spiro atoms. The fourth-order valence-electron chi connectivity index (χ4n) is 6.27. The van der Waals surface area contributed by atoms with Crippen molar-refractivity contribution in [2.45, 2.75) is 0 Å². The summed E-state index contributed by atoms with van der Waals surface area (Å²) in [5, 5.41) is 3.79. The number of benzene rings is 6. The minimum absolute atomic E-state index is 0. The van der Waals surface area contributed by atoms with Gasteiger partial charge in [-0.2, -0.15) is 22.9 Å². The van der Waals surface area contributed by atoms with Crippen molar-refractivity contribution >= 4 is 43.6 Å². The third kappa shape index (κ3) is 6.99. The van der Waals surface area contributed by atoms with E-state index in [4.69, 9.17) is 19.4 Å². The Morgan fingerprint density at radius 3 is 1.42 bits per heavy atom. The average molecular weight is 895 g/mol. The second kappa shape index (κ2) is 15.3. The quantitative estimate of drug-likeness (QED) is 0.115. The van der Waals surface area contributed by atoms with E-state index in [0.717, 1.165) is 43.7 Å². The van der Waals surface area contributed by atoms with Crippen LogP contribution >= 0.6 is 0 Å². The summed E-state index contributed by atoms with van der Waals surface area (Å²) in [5.41, 5.74) is 4.59. The summed E-state index contributed by atoms with van der Waals surface area (Å²) in [6.45, 7) is 0. The molecule has 0 fully saturated rings. The molecule has 0 unspecified atom stereocenters. The van der Waals surface area contributed by atoms with Crippen molar-refractivity contribution in [3.05, 3.63) is 164 Å². The van der Waals surface area contributed by atoms with Crippen LogP contribution in [0.3, 0.4) is 0 Å². The van der Waals surface area contributed by atoms with E-state index in [1.54, 1.807) is 18.5 Å². The second-order valence-electron chi connectivity index (χ2n) is 12.1. The predicted molar refractivity (Wildman–Crippen MR) is 202 cm³/mol. The molecule has 0 amide bonds. The van der Waals surface area contributed by atoms with Gasteiger partial charge < -0.3 is 14.0 Å². The maximum Gasteiger partial charge on any atom is 2.00 e. The molecule has 266 valence electrons. The van der Waals surface area contributed by atoms with E-state index in [9.17, 15) is 0 Å². The molecular weight excluding hydrogens is 871 g/mol. The molecule has 0 saturated carbocycles. The van der Waals surface area contributed by atoms with E-state index in [1.807, 2.05) is 126 Å². The minimum atomic E-state index is 0. The molecule has 0 bridgehead atoms. The number of hydrogen-bond donors (Lipinski definition) is 0. The van der Waals surface area contributed by atoms with Gasteiger partial charge in [0.05, 0.1) is 22.7 Å². The van der Waals surface area contributed by atoms with Gasteiger partial charge in [0, 0.05) is 58.6 Å². The van der Waals surface area contributed by atoms with E-state index in [0.29, 0.717) is 51.6 Å². The number of para-hydroxylation sites is 2. The Bertz CT molecular complexity index is 2810. The SMILES string of the molecule is [Pd+2].[Pd+2].[c-]1c(Oc2[c-]c3c(cc2)c2ccc(Oc4[c-]c(-c5ncc6ccccc6n5)ccc4)[c-]c2n3-c2ncccn2)cccc1-c1ncc2ccccc2n1. The van der Waals surface area contributed by atoms with E-state index in [-0.39, 0.29) is 40.8 Å². The van der Waals surface area contributed by atoms with Crippen LogP contribution in [0.25, 0.3) is 72.3 Å². The number of hydrogen-bond acceptors (Lipinski definition) is 8. The maximum absolute atomic E-state index is 6.33. The van der Waals surface area contributed by atoms with E-state index in [1.165, 1.54) is 0 Å². The molecule has 0 aliphatic carbocycles. The summed E-state index contributed by atoms with van der Waals surface area (Å²) in [5.74, 6) is 3.57. The number of aromatic nitrogens is 7. The largest absolute Gasteiger partial charge is 2.00 e. The summed E-state index contributed by atoms with van der Waals surface area (Å²) in [4.78, 5) is 27.7. The van der Waals surface area contributed by atoms with Crippen molar-refractivity contribution in [2.75, 3.05) is 0 Å². The fourth-order valence-corrected chi connectivity index (χ4v) is 6.27. The van der Waals surface area contributed by atoms with Crippen LogP contribution < -0.4 is 9.47 Å². The summed E-state index contributed by atoms with van der Waals surface area (Å²) >= 11 is 0. The molecule has 9 nitrogen and oxygen atoms in total. The molecule has 0 radical (unpaired) electrons. The van der Waals surface area contributed by atoms with Crippen molar-refractivity contribution in [3.63, 3.8) is 0 Å². The molecule has 4 aromatic heterocycles. The standard InChI is InChI=1S/C44H23N7O2.2Pd/c1-3-14-38-30(8-1)26-47-42(49-38)28-10-5-12-32(22-28)52-34-16-18-36-37-19-17-35(25-41(37)51(40(36)24-34)44-45-20-7-21-46-44)53-33-13-6-11-29(23-33)43-48-27-31-9-2-4-15-39(31)50-43;;/h1-21,26-27H;;/q-4;2*+2. The van der Waals surface area contributed by atoms with Crippen LogP contribution in [0.5, 0.6) is 23.0 Å². The number of rotatable bonds is 7. The number of ether oxygens (including phenoxy) is 2. The van der Waals surface area contributed by atoms with Crippen LogP contribution in [0, 0.1) is 24.3 Å². The van der Waals surface area contributed by atoms with Gasteiger partial charge in [0.1, 0.15) is 0 Å². The molecular formula is C44H23N7O2Pd2. The Morgan fingerprint density at radius 1 is 0.436 bits per heavy atom. The molecule has 0 atom stereocenters. The molecule has 0 N–H and O–H groups in total. The molecule has 0 aliphatic heterocycles. The zero-order valence-electron chi connectivity index (χ0n) is 28.4. The zero-order valence-corrected chi connectivity index (χ0v) is 31.5. The maximum atomic E-state index is 6.33.